The smallest absolute Gasteiger partial charge is 0.335 e. The Morgan fingerprint density at radius 3 is 2.50 bits per heavy atom. The number of carbonyl (C=O) groups is 1. The number of nitrogens with zero attached hydrogens (tertiary/aromatic N) is 1. The molecule has 0 amide bonds. The number of fused-ring (bicyclic) bond motifs is 1. The SMILES string of the molecule is CCCC(c1ccccc1)n1cc(C)c2ccc(C(=O)O)cc21.Cl. The van der Waals surface area contributed by atoms with E-state index >= 15 is 0 Å². The van der Waals surface area contributed by atoms with E-state index in [1.165, 1.54) is 11.1 Å². The van der Waals surface area contributed by atoms with Gasteiger partial charge < -0.3 is 9.67 Å². The third kappa shape index (κ3) is 3.31. The van der Waals surface area contributed by atoms with Crippen LogP contribution in [0.3, 0.4) is 0 Å². The maximum atomic E-state index is 11.3. The number of halogens is 1. The average Bonchev–Trinajstić information content (AvgIpc) is 2.89. The van der Waals surface area contributed by atoms with Gasteiger partial charge in [0.05, 0.1) is 11.6 Å². The summed E-state index contributed by atoms with van der Waals surface area (Å²) in [6, 6.07) is 16.0. The molecule has 3 rings (SSSR count). The fourth-order valence-corrected chi connectivity index (χ4v) is 3.23. The van der Waals surface area contributed by atoms with E-state index in [4.69, 9.17) is 0 Å². The van der Waals surface area contributed by atoms with Crippen LogP contribution in [0, 0.1) is 6.92 Å². The monoisotopic (exact) mass is 343 g/mol. The lowest BCUT2D eigenvalue weighted by Crippen LogP contribution is -2.09. The molecular weight excluding hydrogens is 322 g/mol. The van der Waals surface area contributed by atoms with Gasteiger partial charge in [-0.1, -0.05) is 49.7 Å². The quantitative estimate of drug-likeness (QED) is 0.668. The van der Waals surface area contributed by atoms with Crippen LogP contribution < -0.4 is 0 Å². The van der Waals surface area contributed by atoms with Crippen molar-refractivity contribution in [3.05, 3.63) is 71.4 Å². The van der Waals surface area contributed by atoms with Crippen molar-refractivity contribution in [1.82, 2.24) is 4.57 Å². The van der Waals surface area contributed by atoms with Crippen molar-refractivity contribution in [2.75, 3.05) is 0 Å². The number of aryl methyl sites for hydroxylation is 1. The second kappa shape index (κ2) is 7.54. The first kappa shape index (κ1) is 18.1. The molecule has 0 aliphatic rings. The summed E-state index contributed by atoms with van der Waals surface area (Å²) in [5.41, 5.74) is 3.76. The van der Waals surface area contributed by atoms with Crippen molar-refractivity contribution >= 4 is 29.3 Å². The second-order valence-corrected chi connectivity index (χ2v) is 5.97. The molecule has 1 atom stereocenters. The molecule has 3 nitrogen and oxygen atoms in total. The van der Waals surface area contributed by atoms with E-state index in [1.807, 2.05) is 12.1 Å². The summed E-state index contributed by atoms with van der Waals surface area (Å²) in [5, 5.41) is 10.4. The number of rotatable bonds is 5. The summed E-state index contributed by atoms with van der Waals surface area (Å²) in [6.45, 7) is 4.25. The van der Waals surface area contributed by atoms with E-state index in [0.717, 1.165) is 23.7 Å². The van der Waals surface area contributed by atoms with Gasteiger partial charge in [0.2, 0.25) is 0 Å². The van der Waals surface area contributed by atoms with Crippen LogP contribution in [0.1, 0.15) is 47.3 Å². The molecule has 1 N–H and O–H groups in total. The molecule has 2 aromatic carbocycles. The third-order valence-electron chi connectivity index (χ3n) is 4.36. The molecule has 1 heterocycles. The zero-order valence-corrected chi connectivity index (χ0v) is 14.7. The summed E-state index contributed by atoms with van der Waals surface area (Å²) < 4.78 is 2.23. The molecule has 1 unspecified atom stereocenters. The van der Waals surface area contributed by atoms with Gasteiger partial charge in [0.25, 0.3) is 0 Å². The zero-order chi connectivity index (χ0) is 16.4. The Bertz CT molecular complexity index is 839. The Morgan fingerprint density at radius 1 is 1.17 bits per heavy atom. The Balaban J connectivity index is 0.00000208. The van der Waals surface area contributed by atoms with Gasteiger partial charge >= 0.3 is 5.97 Å². The van der Waals surface area contributed by atoms with Gasteiger partial charge in [-0.3, -0.25) is 0 Å². The third-order valence-corrected chi connectivity index (χ3v) is 4.36. The topological polar surface area (TPSA) is 42.2 Å². The predicted octanol–water partition coefficient (Wildman–Crippen LogP) is 5.46. The predicted molar refractivity (Wildman–Crippen MR) is 100 cm³/mol. The van der Waals surface area contributed by atoms with Crippen LogP contribution in [-0.4, -0.2) is 15.6 Å². The van der Waals surface area contributed by atoms with Crippen molar-refractivity contribution in [3.8, 4) is 0 Å². The first-order valence-corrected chi connectivity index (χ1v) is 8.01. The van der Waals surface area contributed by atoms with Crippen LogP contribution in [0.2, 0.25) is 0 Å². The van der Waals surface area contributed by atoms with Crippen LogP contribution in [-0.2, 0) is 0 Å². The highest BCUT2D eigenvalue weighted by Gasteiger charge is 2.17. The van der Waals surface area contributed by atoms with E-state index in [2.05, 4.69) is 48.9 Å². The fourth-order valence-electron chi connectivity index (χ4n) is 3.23. The molecule has 24 heavy (non-hydrogen) atoms. The molecule has 0 aliphatic carbocycles. The van der Waals surface area contributed by atoms with Crippen molar-refractivity contribution in [2.24, 2.45) is 0 Å². The molecule has 0 radical (unpaired) electrons. The standard InChI is InChI=1S/C20H21NO2.ClH/c1-3-7-18(15-8-5-4-6-9-15)21-13-14(2)17-11-10-16(20(22)23)12-19(17)21;/h4-6,8-13,18H,3,7H2,1-2H3,(H,22,23);1H. The summed E-state index contributed by atoms with van der Waals surface area (Å²) in [7, 11) is 0. The maximum absolute atomic E-state index is 11.3. The van der Waals surface area contributed by atoms with Crippen molar-refractivity contribution in [1.29, 1.82) is 0 Å². The largest absolute Gasteiger partial charge is 0.478 e. The van der Waals surface area contributed by atoms with E-state index in [0.29, 0.717) is 5.56 Å². The number of hydrogen-bond acceptors (Lipinski definition) is 1. The Kier molecular flexibility index (Phi) is 5.68. The maximum Gasteiger partial charge on any atom is 0.335 e. The van der Waals surface area contributed by atoms with Crippen LogP contribution in [0.4, 0.5) is 0 Å². The first-order valence-electron chi connectivity index (χ1n) is 8.01. The van der Waals surface area contributed by atoms with Gasteiger partial charge in [-0.05, 0) is 36.6 Å². The Labute approximate surface area is 148 Å². The lowest BCUT2D eigenvalue weighted by molar-refractivity contribution is 0.0697. The summed E-state index contributed by atoms with van der Waals surface area (Å²) in [5.74, 6) is -0.885. The molecule has 0 saturated heterocycles. The molecule has 1 aromatic heterocycles. The van der Waals surface area contributed by atoms with Crippen molar-refractivity contribution < 1.29 is 9.90 Å². The normalized spacial score (nSPS) is 11.9. The summed E-state index contributed by atoms with van der Waals surface area (Å²) in [6.07, 6.45) is 4.23. The van der Waals surface area contributed by atoms with Crippen molar-refractivity contribution in [2.45, 2.75) is 32.7 Å². The van der Waals surface area contributed by atoms with Gasteiger partial charge in [0, 0.05) is 17.1 Å². The Hall–Kier alpha value is -2.26. The van der Waals surface area contributed by atoms with E-state index in [-0.39, 0.29) is 18.4 Å². The lowest BCUT2D eigenvalue weighted by atomic mass is 10.0. The molecule has 0 aliphatic heterocycles. The molecule has 4 heteroatoms. The highest BCUT2D eigenvalue weighted by atomic mass is 35.5. The Morgan fingerprint density at radius 2 is 1.88 bits per heavy atom. The van der Waals surface area contributed by atoms with Crippen LogP contribution >= 0.6 is 12.4 Å². The molecule has 0 saturated carbocycles. The van der Waals surface area contributed by atoms with E-state index in [9.17, 15) is 9.90 Å². The second-order valence-electron chi connectivity index (χ2n) is 5.97. The number of carboxylic acids is 1. The lowest BCUT2D eigenvalue weighted by Gasteiger charge is -2.20. The molecule has 0 spiro atoms. The van der Waals surface area contributed by atoms with Gasteiger partial charge in [0.1, 0.15) is 0 Å². The van der Waals surface area contributed by atoms with Crippen LogP contribution in [0.15, 0.2) is 54.7 Å². The number of aromatic carboxylic acids is 1. The fraction of sp³-hybridized carbons (Fsp3) is 0.250. The number of hydrogen-bond donors (Lipinski definition) is 1. The molecule has 126 valence electrons. The molecular formula is C20H22ClNO2. The van der Waals surface area contributed by atoms with E-state index < -0.39 is 5.97 Å². The number of aromatic nitrogens is 1. The van der Waals surface area contributed by atoms with Crippen molar-refractivity contribution in [3.63, 3.8) is 0 Å². The summed E-state index contributed by atoms with van der Waals surface area (Å²) in [4.78, 5) is 11.3. The summed E-state index contributed by atoms with van der Waals surface area (Å²) >= 11 is 0. The van der Waals surface area contributed by atoms with Gasteiger partial charge in [-0.2, -0.15) is 0 Å². The van der Waals surface area contributed by atoms with Gasteiger partial charge in [-0.15, -0.1) is 12.4 Å². The average molecular weight is 344 g/mol. The minimum Gasteiger partial charge on any atom is -0.478 e. The van der Waals surface area contributed by atoms with Crippen LogP contribution in [0.25, 0.3) is 10.9 Å². The van der Waals surface area contributed by atoms with Crippen LogP contribution in [0.5, 0.6) is 0 Å². The van der Waals surface area contributed by atoms with Gasteiger partial charge in [-0.25, -0.2) is 4.79 Å². The van der Waals surface area contributed by atoms with Gasteiger partial charge in [0.15, 0.2) is 0 Å². The minimum atomic E-state index is -0.885. The first-order chi connectivity index (χ1) is 11.1. The number of benzene rings is 2. The molecule has 0 fully saturated rings. The van der Waals surface area contributed by atoms with E-state index in [1.54, 1.807) is 12.1 Å². The highest BCUT2D eigenvalue weighted by Crippen LogP contribution is 2.31. The minimum absolute atomic E-state index is 0. The molecule has 3 aromatic rings. The highest BCUT2D eigenvalue weighted by molar-refractivity contribution is 5.94. The zero-order valence-electron chi connectivity index (χ0n) is 13.9. The number of carboxylic acid groups (broad SMARTS) is 1. The molecule has 0 bridgehead atoms.